The number of hydrogen-bond acceptors (Lipinski definition) is 6. The van der Waals surface area contributed by atoms with Gasteiger partial charge in [-0.05, 0) is 11.6 Å². The molecule has 0 aliphatic rings. The summed E-state index contributed by atoms with van der Waals surface area (Å²) in [7, 11) is 0. The third kappa shape index (κ3) is 2.75. The van der Waals surface area contributed by atoms with E-state index in [1.54, 1.807) is 0 Å². The summed E-state index contributed by atoms with van der Waals surface area (Å²) in [4.78, 5) is 20.9. The molecule has 0 bridgehead atoms. The molecule has 5 N–H and O–H groups in total. The Balaban J connectivity index is 5.20. The van der Waals surface area contributed by atoms with Gasteiger partial charge in [0.2, 0.25) is 5.06 Å². The number of aliphatic hydroxyl groups excluding tert-OH is 2. The van der Waals surface area contributed by atoms with Crippen LogP contribution >= 0.6 is 34.8 Å². The Hall–Kier alpha value is -0.150. The van der Waals surface area contributed by atoms with E-state index in [0.29, 0.717) is 0 Å². The minimum atomic E-state index is -3.38. The van der Waals surface area contributed by atoms with E-state index in [4.69, 9.17) is 55.2 Å². The molecule has 0 amide bonds. The molecule has 0 rings (SSSR count). The normalized spacial score (nSPS) is 22.7. The first-order valence-corrected chi connectivity index (χ1v) is 4.71. The standard InChI is InChI=1S/C6H7Cl3O7/c7-4(14)6(9,16)5(8,15)2(11)1(10)3(12)13/h1-2,10-11,15-16H,(H,12,13)/t1-,2+,5-,6-/m0/s1. The van der Waals surface area contributed by atoms with E-state index in [-0.39, 0.29) is 0 Å². The fourth-order valence-electron chi connectivity index (χ4n) is 0.678. The van der Waals surface area contributed by atoms with Crippen LogP contribution in [0.15, 0.2) is 0 Å². The number of hydrogen-bond donors (Lipinski definition) is 5. The van der Waals surface area contributed by atoms with Crippen LogP contribution < -0.4 is 0 Å². The first-order chi connectivity index (χ1) is 6.96. The topological polar surface area (TPSA) is 135 Å². The Kier molecular flexibility index (Phi) is 4.96. The van der Waals surface area contributed by atoms with Crippen molar-refractivity contribution >= 4 is 46.0 Å². The van der Waals surface area contributed by atoms with Crippen LogP contribution in [0.1, 0.15) is 0 Å². The zero-order valence-electron chi connectivity index (χ0n) is 7.34. The van der Waals surface area contributed by atoms with E-state index in [1.165, 1.54) is 0 Å². The van der Waals surface area contributed by atoms with Crippen LogP contribution in [-0.4, -0.2) is 59.1 Å². The quantitative estimate of drug-likeness (QED) is 0.305. The Morgan fingerprint density at radius 3 is 1.75 bits per heavy atom. The van der Waals surface area contributed by atoms with Crippen molar-refractivity contribution in [1.29, 1.82) is 0 Å². The molecule has 10 heteroatoms. The lowest BCUT2D eigenvalue weighted by molar-refractivity contribution is -0.175. The number of carboxylic acid groups (broad SMARTS) is 1. The van der Waals surface area contributed by atoms with E-state index in [1.807, 2.05) is 0 Å². The second-order valence-electron chi connectivity index (χ2n) is 2.80. The van der Waals surface area contributed by atoms with Crippen molar-refractivity contribution in [3.05, 3.63) is 0 Å². The molecular weight excluding hydrogens is 290 g/mol. The Morgan fingerprint density at radius 2 is 1.50 bits per heavy atom. The number of alkyl halides is 2. The summed E-state index contributed by atoms with van der Waals surface area (Å²) in [6.07, 6.45) is -5.24. The number of halogens is 3. The number of carbonyl (C=O) groups excluding carboxylic acids is 1. The summed E-state index contributed by atoms with van der Waals surface area (Å²) in [5, 5.41) is 36.2. The van der Waals surface area contributed by atoms with Crippen molar-refractivity contribution in [3.63, 3.8) is 0 Å². The molecule has 0 aromatic rings. The summed E-state index contributed by atoms with van der Waals surface area (Å²) in [5.74, 6) is -1.96. The molecule has 0 saturated carbocycles. The van der Waals surface area contributed by atoms with Gasteiger partial charge in [-0.25, -0.2) is 4.79 Å². The van der Waals surface area contributed by atoms with Crippen molar-refractivity contribution in [3.8, 4) is 0 Å². The summed E-state index contributed by atoms with van der Waals surface area (Å²) < 4.78 is 0. The number of carbonyl (C=O) groups is 2. The lowest BCUT2D eigenvalue weighted by Gasteiger charge is -2.35. The molecule has 0 saturated heterocycles. The van der Waals surface area contributed by atoms with Gasteiger partial charge in [-0.3, -0.25) is 4.79 Å². The maximum absolute atomic E-state index is 10.6. The number of carboxylic acids is 1. The molecule has 0 spiro atoms. The van der Waals surface area contributed by atoms with Crippen LogP contribution in [0.3, 0.4) is 0 Å². The highest BCUT2D eigenvalue weighted by atomic mass is 35.5. The Morgan fingerprint density at radius 1 is 1.12 bits per heavy atom. The third-order valence-corrected chi connectivity index (χ3v) is 3.09. The van der Waals surface area contributed by atoms with Crippen LogP contribution in [0.5, 0.6) is 0 Å². The van der Waals surface area contributed by atoms with Gasteiger partial charge >= 0.3 is 5.97 Å². The lowest BCUT2D eigenvalue weighted by atomic mass is 10.0. The molecule has 4 atom stereocenters. The third-order valence-electron chi connectivity index (χ3n) is 1.67. The maximum Gasteiger partial charge on any atom is 0.335 e. The molecule has 94 valence electrons. The fourth-order valence-corrected chi connectivity index (χ4v) is 1.19. The Labute approximate surface area is 104 Å². The largest absolute Gasteiger partial charge is 0.479 e. The molecule has 0 aromatic carbocycles. The van der Waals surface area contributed by atoms with Gasteiger partial charge in [0.15, 0.2) is 6.10 Å². The van der Waals surface area contributed by atoms with Crippen molar-refractivity contribution in [1.82, 2.24) is 0 Å². The SMILES string of the molecule is O=C(O)[C@@H](O)[C@@H](O)[C@@](O)(Cl)[C@](O)(Cl)C(=O)Cl. The highest BCUT2D eigenvalue weighted by Crippen LogP contribution is 2.37. The molecule has 16 heavy (non-hydrogen) atoms. The van der Waals surface area contributed by atoms with Crippen LogP contribution in [0, 0.1) is 0 Å². The van der Waals surface area contributed by atoms with Crippen LogP contribution in [0.25, 0.3) is 0 Å². The number of rotatable bonds is 5. The summed E-state index contributed by atoms with van der Waals surface area (Å²) in [6, 6.07) is 0. The summed E-state index contributed by atoms with van der Waals surface area (Å²) in [5.41, 5.74) is 0. The molecule has 0 aliphatic heterocycles. The monoisotopic (exact) mass is 296 g/mol. The second-order valence-corrected chi connectivity index (χ2v) is 4.26. The van der Waals surface area contributed by atoms with Gasteiger partial charge in [0.05, 0.1) is 0 Å². The van der Waals surface area contributed by atoms with Gasteiger partial charge < -0.3 is 25.5 Å². The number of aliphatic carboxylic acids is 1. The first-order valence-electron chi connectivity index (χ1n) is 3.57. The predicted molar refractivity (Wildman–Crippen MR) is 52.1 cm³/mol. The zero-order chi connectivity index (χ0) is 13.3. The molecule has 0 heterocycles. The average Bonchev–Trinajstić information content (AvgIpc) is 2.14. The van der Waals surface area contributed by atoms with Gasteiger partial charge in [0, 0.05) is 0 Å². The maximum atomic E-state index is 10.6. The fraction of sp³-hybridized carbons (Fsp3) is 0.667. The van der Waals surface area contributed by atoms with Crippen LogP contribution in [-0.2, 0) is 9.59 Å². The van der Waals surface area contributed by atoms with Crippen LogP contribution in [0.4, 0.5) is 0 Å². The summed E-state index contributed by atoms with van der Waals surface area (Å²) in [6.45, 7) is 0. The summed E-state index contributed by atoms with van der Waals surface area (Å²) >= 11 is 14.9. The van der Waals surface area contributed by atoms with Gasteiger partial charge in [-0.2, -0.15) is 0 Å². The van der Waals surface area contributed by atoms with Gasteiger partial charge in [-0.15, -0.1) is 0 Å². The Bertz CT molecular complexity index is 302. The van der Waals surface area contributed by atoms with Crippen molar-refractivity contribution in [2.45, 2.75) is 22.3 Å². The average molecular weight is 297 g/mol. The minimum absolute atomic E-state index is 1.76. The molecule has 0 unspecified atom stereocenters. The van der Waals surface area contributed by atoms with Crippen molar-refractivity contribution in [2.75, 3.05) is 0 Å². The number of aliphatic hydroxyl groups is 4. The smallest absolute Gasteiger partial charge is 0.335 e. The van der Waals surface area contributed by atoms with Crippen molar-refractivity contribution in [2.24, 2.45) is 0 Å². The molecule has 0 aliphatic carbocycles. The minimum Gasteiger partial charge on any atom is -0.479 e. The molecule has 0 radical (unpaired) electrons. The van der Waals surface area contributed by atoms with E-state index in [2.05, 4.69) is 0 Å². The van der Waals surface area contributed by atoms with E-state index in [0.717, 1.165) is 0 Å². The van der Waals surface area contributed by atoms with Crippen molar-refractivity contribution < 1.29 is 35.1 Å². The predicted octanol–water partition coefficient (Wildman–Crippen LogP) is -1.59. The highest BCUT2D eigenvalue weighted by Gasteiger charge is 2.59. The molecule has 0 fully saturated rings. The van der Waals surface area contributed by atoms with Crippen LogP contribution in [0.2, 0.25) is 0 Å². The van der Waals surface area contributed by atoms with Gasteiger partial charge in [0.1, 0.15) is 6.10 Å². The molecule has 0 aromatic heterocycles. The first kappa shape index (κ1) is 15.9. The zero-order valence-corrected chi connectivity index (χ0v) is 9.61. The second kappa shape index (κ2) is 5.01. The molecular formula is C6H7Cl3O7. The van der Waals surface area contributed by atoms with E-state index >= 15 is 0 Å². The molecule has 7 nitrogen and oxygen atoms in total. The van der Waals surface area contributed by atoms with E-state index < -0.39 is 33.5 Å². The van der Waals surface area contributed by atoms with E-state index in [9.17, 15) is 14.7 Å². The van der Waals surface area contributed by atoms with Gasteiger partial charge in [0.25, 0.3) is 10.3 Å². The highest BCUT2D eigenvalue weighted by molar-refractivity contribution is 6.71. The van der Waals surface area contributed by atoms with Gasteiger partial charge in [-0.1, -0.05) is 23.2 Å². The lowest BCUT2D eigenvalue weighted by Crippen LogP contribution is -2.61.